The van der Waals surface area contributed by atoms with Gasteiger partial charge in [-0.1, -0.05) is 48.0 Å². The third-order valence-electron chi connectivity index (χ3n) is 4.00. The second-order valence-electron chi connectivity index (χ2n) is 5.87. The van der Waals surface area contributed by atoms with E-state index in [0.717, 1.165) is 23.4 Å². The molecule has 26 heavy (non-hydrogen) atoms. The Hall–Kier alpha value is -2.25. The van der Waals surface area contributed by atoms with E-state index in [1.807, 2.05) is 41.3 Å². The first-order chi connectivity index (χ1) is 12.6. The lowest BCUT2D eigenvalue weighted by atomic mass is 10.2. The van der Waals surface area contributed by atoms with Gasteiger partial charge < -0.3 is 10.2 Å². The molecule has 0 spiro atoms. The lowest BCUT2D eigenvalue weighted by molar-refractivity contribution is -0.425. The van der Waals surface area contributed by atoms with Crippen LogP contribution in [0.5, 0.6) is 0 Å². The number of aromatic nitrogens is 1. The van der Waals surface area contributed by atoms with Crippen molar-refractivity contribution in [2.75, 3.05) is 18.8 Å². The standard InChI is InChI=1S/C18H19ClN4O2S/c19-17-7-6-15(10-21-17)11-22-9-8-20-18(22)16(23(24)25)13-26-12-14-4-2-1-3-5-14/h1-7,10,20H,8-9,11-13H2/b18-16+. The van der Waals surface area contributed by atoms with Crippen LogP contribution >= 0.6 is 23.4 Å². The van der Waals surface area contributed by atoms with Crippen molar-refractivity contribution in [1.82, 2.24) is 15.2 Å². The molecule has 0 saturated carbocycles. The number of hydrogen-bond acceptors (Lipinski definition) is 6. The fourth-order valence-corrected chi connectivity index (χ4v) is 3.82. The van der Waals surface area contributed by atoms with Crippen molar-refractivity contribution in [1.29, 1.82) is 0 Å². The second kappa shape index (κ2) is 8.91. The summed E-state index contributed by atoms with van der Waals surface area (Å²) < 4.78 is 0. The number of thioether (sulfide) groups is 1. The van der Waals surface area contributed by atoms with Gasteiger partial charge in [-0.25, -0.2) is 4.98 Å². The molecule has 8 heteroatoms. The molecule has 0 unspecified atom stereocenters. The molecule has 0 aliphatic carbocycles. The topological polar surface area (TPSA) is 71.3 Å². The molecule has 0 amide bonds. The van der Waals surface area contributed by atoms with E-state index >= 15 is 0 Å². The molecule has 1 fully saturated rings. The van der Waals surface area contributed by atoms with Gasteiger partial charge >= 0.3 is 0 Å². The molecule has 0 atom stereocenters. The van der Waals surface area contributed by atoms with Crippen LogP contribution in [0.3, 0.4) is 0 Å². The smallest absolute Gasteiger partial charge is 0.295 e. The zero-order valence-electron chi connectivity index (χ0n) is 14.1. The fourth-order valence-electron chi connectivity index (χ4n) is 2.74. The van der Waals surface area contributed by atoms with E-state index in [9.17, 15) is 10.1 Å². The predicted molar refractivity (Wildman–Crippen MR) is 104 cm³/mol. The second-order valence-corrected chi connectivity index (χ2v) is 7.24. The number of hydrogen-bond donors (Lipinski definition) is 1. The molecule has 6 nitrogen and oxygen atoms in total. The van der Waals surface area contributed by atoms with Gasteiger partial charge in [-0.15, -0.1) is 11.8 Å². The molecule has 2 aromatic rings. The van der Waals surface area contributed by atoms with E-state index in [2.05, 4.69) is 10.3 Å². The van der Waals surface area contributed by atoms with Gasteiger partial charge in [-0.2, -0.15) is 0 Å². The average Bonchev–Trinajstić information content (AvgIpc) is 3.09. The molecule has 3 rings (SSSR count). The summed E-state index contributed by atoms with van der Waals surface area (Å²) in [6, 6.07) is 13.6. The molecule has 2 heterocycles. The Labute approximate surface area is 161 Å². The molecular formula is C18H19ClN4O2S. The van der Waals surface area contributed by atoms with Crippen LogP contribution in [0.2, 0.25) is 5.15 Å². The monoisotopic (exact) mass is 390 g/mol. The molecule has 1 aromatic heterocycles. The summed E-state index contributed by atoms with van der Waals surface area (Å²) in [4.78, 5) is 17.4. The summed E-state index contributed by atoms with van der Waals surface area (Å²) in [6.07, 6.45) is 1.70. The molecule has 1 aliphatic heterocycles. The highest BCUT2D eigenvalue weighted by Crippen LogP contribution is 2.22. The van der Waals surface area contributed by atoms with E-state index in [4.69, 9.17) is 11.6 Å². The van der Waals surface area contributed by atoms with Crippen LogP contribution in [0.15, 0.2) is 60.2 Å². The minimum absolute atomic E-state index is 0.213. The minimum Gasteiger partial charge on any atom is -0.365 e. The van der Waals surface area contributed by atoms with Crippen molar-refractivity contribution in [3.8, 4) is 0 Å². The van der Waals surface area contributed by atoms with Crippen LogP contribution in [-0.2, 0) is 12.3 Å². The van der Waals surface area contributed by atoms with Gasteiger partial charge in [0.1, 0.15) is 5.15 Å². The third-order valence-corrected chi connectivity index (χ3v) is 5.24. The van der Waals surface area contributed by atoms with Crippen molar-refractivity contribution >= 4 is 23.4 Å². The lowest BCUT2D eigenvalue weighted by Gasteiger charge is -2.19. The molecule has 136 valence electrons. The normalized spacial score (nSPS) is 15.7. The molecule has 0 radical (unpaired) electrons. The quantitative estimate of drug-likeness (QED) is 0.443. The molecule has 1 aliphatic rings. The summed E-state index contributed by atoms with van der Waals surface area (Å²) in [5, 5.41) is 15.2. The third kappa shape index (κ3) is 4.89. The highest BCUT2D eigenvalue weighted by atomic mass is 35.5. The maximum Gasteiger partial charge on any atom is 0.295 e. The Morgan fingerprint density at radius 1 is 1.27 bits per heavy atom. The number of benzene rings is 1. The molecule has 1 saturated heterocycles. The van der Waals surface area contributed by atoms with Crippen LogP contribution < -0.4 is 5.32 Å². The summed E-state index contributed by atoms with van der Waals surface area (Å²) in [7, 11) is 0. The molecular weight excluding hydrogens is 372 g/mol. The maximum absolute atomic E-state index is 11.6. The first-order valence-corrected chi connectivity index (χ1v) is 9.75. The fraction of sp³-hybridized carbons (Fsp3) is 0.278. The first-order valence-electron chi connectivity index (χ1n) is 8.22. The van der Waals surface area contributed by atoms with Gasteiger partial charge in [0, 0.05) is 31.6 Å². The van der Waals surface area contributed by atoms with Crippen molar-refractivity contribution in [3.05, 3.63) is 86.6 Å². The van der Waals surface area contributed by atoms with Gasteiger partial charge in [0.2, 0.25) is 0 Å². The van der Waals surface area contributed by atoms with E-state index in [0.29, 0.717) is 29.8 Å². The largest absolute Gasteiger partial charge is 0.365 e. The SMILES string of the molecule is O=[N+]([O-])/C(CSCc1ccccc1)=C1\NCCN1Cc1ccc(Cl)nc1. The Bertz CT molecular complexity index is 784. The summed E-state index contributed by atoms with van der Waals surface area (Å²) >= 11 is 7.36. The van der Waals surface area contributed by atoms with Gasteiger partial charge in [0.05, 0.1) is 10.7 Å². The number of nitrogens with zero attached hydrogens (tertiary/aromatic N) is 3. The maximum atomic E-state index is 11.6. The number of pyridine rings is 1. The van der Waals surface area contributed by atoms with Crippen molar-refractivity contribution in [2.24, 2.45) is 0 Å². The van der Waals surface area contributed by atoms with Gasteiger partial charge in [0.15, 0.2) is 5.82 Å². The Morgan fingerprint density at radius 3 is 2.77 bits per heavy atom. The van der Waals surface area contributed by atoms with Crippen LogP contribution in [0.4, 0.5) is 0 Å². The van der Waals surface area contributed by atoms with E-state index in [1.54, 1.807) is 24.0 Å². The van der Waals surface area contributed by atoms with Crippen molar-refractivity contribution in [2.45, 2.75) is 12.3 Å². The number of halogens is 1. The van der Waals surface area contributed by atoms with Gasteiger partial charge in [-0.3, -0.25) is 10.1 Å². The minimum atomic E-state index is -0.279. The highest BCUT2D eigenvalue weighted by molar-refractivity contribution is 7.98. The predicted octanol–water partition coefficient (Wildman–Crippen LogP) is 3.52. The van der Waals surface area contributed by atoms with Crippen LogP contribution in [0.25, 0.3) is 0 Å². The zero-order valence-corrected chi connectivity index (χ0v) is 15.7. The summed E-state index contributed by atoms with van der Waals surface area (Å²) in [5.41, 5.74) is 2.34. The zero-order chi connectivity index (χ0) is 18.4. The Kier molecular flexibility index (Phi) is 6.35. The number of nitrogens with one attached hydrogen (secondary N) is 1. The van der Waals surface area contributed by atoms with Crippen LogP contribution in [-0.4, -0.2) is 33.6 Å². The summed E-state index contributed by atoms with van der Waals surface area (Å²) in [5.74, 6) is 1.69. The molecule has 0 bridgehead atoms. The van der Waals surface area contributed by atoms with Crippen LogP contribution in [0.1, 0.15) is 11.1 Å². The van der Waals surface area contributed by atoms with Gasteiger partial charge in [-0.05, 0) is 17.2 Å². The van der Waals surface area contributed by atoms with Crippen molar-refractivity contribution in [3.63, 3.8) is 0 Å². The number of rotatable bonds is 7. The highest BCUT2D eigenvalue weighted by Gasteiger charge is 2.27. The van der Waals surface area contributed by atoms with E-state index in [-0.39, 0.29) is 10.6 Å². The van der Waals surface area contributed by atoms with Crippen LogP contribution in [0, 0.1) is 10.1 Å². The Balaban J connectivity index is 1.69. The van der Waals surface area contributed by atoms with Gasteiger partial charge in [0.25, 0.3) is 5.70 Å². The molecule has 1 N–H and O–H groups in total. The first kappa shape index (κ1) is 18.5. The summed E-state index contributed by atoms with van der Waals surface area (Å²) in [6.45, 7) is 1.98. The van der Waals surface area contributed by atoms with E-state index < -0.39 is 0 Å². The van der Waals surface area contributed by atoms with Crippen molar-refractivity contribution < 1.29 is 4.92 Å². The lowest BCUT2D eigenvalue weighted by Crippen LogP contribution is -2.24. The van der Waals surface area contributed by atoms with E-state index in [1.165, 1.54) is 0 Å². The molecule has 1 aromatic carbocycles. The number of nitro groups is 1. The Morgan fingerprint density at radius 2 is 2.08 bits per heavy atom. The average molecular weight is 391 g/mol.